The first-order valence-corrected chi connectivity index (χ1v) is 11.9. The number of carbonyl (C=O) groups excluding carboxylic acids is 1. The van der Waals surface area contributed by atoms with Gasteiger partial charge in [0.25, 0.3) is 0 Å². The van der Waals surface area contributed by atoms with Crippen molar-refractivity contribution in [2.45, 2.75) is 57.8 Å². The Morgan fingerprint density at radius 3 is 2.32 bits per heavy atom. The van der Waals surface area contributed by atoms with Gasteiger partial charge in [-0.15, -0.1) is 0 Å². The van der Waals surface area contributed by atoms with Gasteiger partial charge < -0.3 is 24.5 Å². The summed E-state index contributed by atoms with van der Waals surface area (Å²) in [5, 5.41) is 8.93. The zero-order valence-corrected chi connectivity index (χ0v) is 19.5. The Hall–Kier alpha value is -1.42. The number of ether oxygens (including phenoxy) is 1. The number of aliphatic carboxylic acids is 1. The molecule has 0 aliphatic carbocycles. The van der Waals surface area contributed by atoms with Crippen LogP contribution >= 0.6 is 0 Å². The number of carbonyl (C=O) groups is 2. The lowest BCUT2D eigenvalue weighted by Crippen LogP contribution is -2.57. The molecule has 178 valence electrons. The summed E-state index contributed by atoms with van der Waals surface area (Å²) in [5.41, 5.74) is 0. The molecular formula is C22H41N5O4. The number of hydrogen-bond donors (Lipinski definition) is 1. The fraction of sp³-hybridized carbons (Fsp3) is 0.909. The van der Waals surface area contributed by atoms with Gasteiger partial charge in [0.15, 0.2) is 6.23 Å². The second-order valence-electron chi connectivity index (χ2n) is 9.52. The molecule has 3 saturated heterocycles. The lowest BCUT2D eigenvalue weighted by atomic mass is 10.0. The molecule has 2 unspecified atom stereocenters. The van der Waals surface area contributed by atoms with Gasteiger partial charge in [-0.25, -0.2) is 4.79 Å². The van der Waals surface area contributed by atoms with Gasteiger partial charge in [-0.1, -0.05) is 0 Å². The van der Waals surface area contributed by atoms with Crippen molar-refractivity contribution < 1.29 is 19.4 Å². The summed E-state index contributed by atoms with van der Waals surface area (Å²) in [6, 6.07) is 0.956. The maximum absolute atomic E-state index is 11.9. The van der Waals surface area contributed by atoms with Crippen LogP contribution in [-0.4, -0.2) is 132 Å². The van der Waals surface area contributed by atoms with E-state index in [2.05, 4.69) is 33.4 Å². The van der Waals surface area contributed by atoms with Crippen LogP contribution in [0, 0.1) is 0 Å². The lowest BCUT2D eigenvalue weighted by Gasteiger charge is -2.43. The van der Waals surface area contributed by atoms with Crippen LogP contribution in [0.15, 0.2) is 0 Å². The highest BCUT2D eigenvalue weighted by atomic mass is 16.6. The highest BCUT2D eigenvalue weighted by Crippen LogP contribution is 2.23. The van der Waals surface area contributed by atoms with Crippen LogP contribution < -0.4 is 0 Å². The van der Waals surface area contributed by atoms with Crippen molar-refractivity contribution in [1.29, 1.82) is 0 Å². The molecule has 3 rings (SSSR count). The molecule has 1 N–H and O–H groups in total. The normalized spacial score (nSPS) is 27.2. The molecule has 9 heteroatoms. The lowest BCUT2D eigenvalue weighted by molar-refractivity contribution is -0.137. The average molecular weight is 440 g/mol. The fourth-order valence-corrected chi connectivity index (χ4v) is 5.01. The summed E-state index contributed by atoms with van der Waals surface area (Å²) < 4.78 is 5.62. The van der Waals surface area contributed by atoms with Gasteiger partial charge in [-0.3, -0.25) is 14.6 Å². The second-order valence-corrected chi connectivity index (χ2v) is 9.52. The van der Waals surface area contributed by atoms with Crippen LogP contribution in [0.1, 0.15) is 39.5 Å². The number of amides is 1. The highest BCUT2D eigenvalue weighted by molar-refractivity contribution is 5.69. The van der Waals surface area contributed by atoms with E-state index in [1.165, 1.54) is 0 Å². The Morgan fingerprint density at radius 1 is 1.03 bits per heavy atom. The van der Waals surface area contributed by atoms with Crippen LogP contribution in [0.5, 0.6) is 0 Å². The molecule has 0 radical (unpaired) electrons. The van der Waals surface area contributed by atoms with E-state index >= 15 is 0 Å². The summed E-state index contributed by atoms with van der Waals surface area (Å²) in [6.45, 7) is 14.3. The number of piperazine rings is 2. The van der Waals surface area contributed by atoms with Gasteiger partial charge in [0, 0.05) is 71.4 Å². The third-order valence-electron chi connectivity index (χ3n) is 6.97. The van der Waals surface area contributed by atoms with Gasteiger partial charge in [0.2, 0.25) is 0 Å². The predicted molar refractivity (Wildman–Crippen MR) is 119 cm³/mol. The summed E-state index contributed by atoms with van der Waals surface area (Å²) in [5.74, 6) is -0.728. The molecule has 0 bridgehead atoms. The van der Waals surface area contributed by atoms with Gasteiger partial charge in [-0.05, 0) is 46.2 Å². The molecule has 2 atom stereocenters. The molecule has 1 amide bonds. The van der Waals surface area contributed by atoms with Crippen molar-refractivity contribution in [3.05, 3.63) is 0 Å². The number of hydrogen-bond acceptors (Lipinski definition) is 7. The number of cyclic esters (lactones) is 1. The van der Waals surface area contributed by atoms with Crippen LogP contribution in [0.4, 0.5) is 4.79 Å². The zero-order valence-electron chi connectivity index (χ0n) is 19.5. The molecule has 3 aliphatic heterocycles. The molecule has 3 heterocycles. The summed E-state index contributed by atoms with van der Waals surface area (Å²) in [6.07, 6.45) is 2.69. The predicted octanol–water partition coefficient (Wildman–Crippen LogP) is 1.05. The Kier molecular flexibility index (Phi) is 8.95. The fourth-order valence-electron chi connectivity index (χ4n) is 5.01. The molecule has 0 aromatic rings. The SMILES string of the molecule is CC(C)N1CCN(CCCC2CN(CCCC(=O)O)CCN2C2CN(C)C(=O)O2)CC1. The average Bonchev–Trinajstić information content (AvgIpc) is 3.06. The summed E-state index contributed by atoms with van der Waals surface area (Å²) >= 11 is 0. The Bertz CT molecular complexity index is 596. The Morgan fingerprint density at radius 2 is 1.71 bits per heavy atom. The number of likely N-dealkylation sites (N-methyl/N-ethyl adjacent to an activating group) is 1. The smallest absolute Gasteiger partial charge is 0.411 e. The molecule has 0 aromatic heterocycles. The van der Waals surface area contributed by atoms with Crippen molar-refractivity contribution in [2.75, 3.05) is 72.5 Å². The summed E-state index contributed by atoms with van der Waals surface area (Å²) in [7, 11) is 1.79. The number of rotatable bonds is 10. The van der Waals surface area contributed by atoms with E-state index in [0.717, 1.165) is 71.7 Å². The second kappa shape index (κ2) is 11.4. The largest absolute Gasteiger partial charge is 0.481 e. The third kappa shape index (κ3) is 7.03. The van der Waals surface area contributed by atoms with Crippen LogP contribution in [0.2, 0.25) is 0 Å². The van der Waals surface area contributed by atoms with Crippen LogP contribution in [-0.2, 0) is 9.53 Å². The first-order chi connectivity index (χ1) is 14.8. The molecule has 31 heavy (non-hydrogen) atoms. The van der Waals surface area contributed by atoms with Crippen molar-refractivity contribution in [2.24, 2.45) is 0 Å². The molecule has 3 aliphatic rings. The van der Waals surface area contributed by atoms with Gasteiger partial charge in [-0.2, -0.15) is 0 Å². The minimum absolute atomic E-state index is 0.168. The van der Waals surface area contributed by atoms with Gasteiger partial charge >= 0.3 is 12.1 Å². The van der Waals surface area contributed by atoms with Gasteiger partial charge in [0.05, 0.1) is 6.54 Å². The zero-order chi connectivity index (χ0) is 22.4. The maximum Gasteiger partial charge on any atom is 0.411 e. The highest BCUT2D eigenvalue weighted by Gasteiger charge is 2.38. The number of carboxylic acid groups (broad SMARTS) is 1. The van der Waals surface area contributed by atoms with E-state index in [-0.39, 0.29) is 18.7 Å². The van der Waals surface area contributed by atoms with Crippen molar-refractivity contribution in [1.82, 2.24) is 24.5 Å². The van der Waals surface area contributed by atoms with Gasteiger partial charge in [0.1, 0.15) is 0 Å². The standard InChI is InChI=1S/C22H41N5O4/c1-18(2)26-13-10-24(11-14-26)8-4-6-19-16-25(9-5-7-21(28)29)12-15-27(19)20-17-23(3)22(30)31-20/h18-20H,4-17H2,1-3H3,(H,28,29). The first kappa shape index (κ1) is 24.2. The Balaban J connectivity index is 1.49. The van der Waals surface area contributed by atoms with E-state index in [1.807, 2.05) is 0 Å². The number of carboxylic acids is 1. The van der Waals surface area contributed by atoms with Crippen LogP contribution in [0.25, 0.3) is 0 Å². The van der Waals surface area contributed by atoms with Crippen molar-refractivity contribution >= 4 is 12.1 Å². The molecule has 3 fully saturated rings. The minimum atomic E-state index is -0.728. The maximum atomic E-state index is 11.9. The molecule has 9 nitrogen and oxygen atoms in total. The monoisotopic (exact) mass is 439 g/mol. The van der Waals surface area contributed by atoms with Crippen molar-refractivity contribution in [3.8, 4) is 0 Å². The minimum Gasteiger partial charge on any atom is -0.481 e. The van der Waals surface area contributed by atoms with E-state index in [9.17, 15) is 9.59 Å². The Labute approximate surface area is 186 Å². The van der Waals surface area contributed by atoms with E-state index < -0.39 is 5.97 Å². The van der Waals surface area contributed by atoms with Crippen LogP contribution in [0.3, 0.4) is 0 Å². The molecular weight excluding hydrogens is 398 g/mol. The molecule has 0 aromatic carbocycles. The van der Waals surface area contributed by atoms with E-state index in [1.54, 1.807) is 11.9 Å². The molecule has 0 saturated carbocycles. The quantitative estimate of drug-likeness (QED) is 0.541. The van der Waals surface area contributed by atoms with E-state index in [4.69, 9.17) is 9.84 Å². The van der Waals surface area contributed by atoms with E-state index in [0.29, 0.717) is 25.0 Å². The molecule has 0 spiro atoms. The summed E-state index contributed by atoms with van der Waals surface area (Å²) in [4.78, 5) is 34.3. The topological polar surface area (TPSA) is 79.8 Å². The first-order valence-electron chi connectivity index (χ1n) is 11.9. The third-order valence-corrected chi connectivity index (χ3v) is 6.97. The van der Waals surface area contributed by atoms with Crippen molar-refractivity contribution in [3.63, 3.8) is 0 Å². The number of nitrogens with zero attached hydrogens (tertiary/aromatic N) is 5.